The van der Waals surface area contributed by atoms with Crippen molar-refractivity contribution in [3.05, 3.63) is 109 Å². The standard InChI is InChI=1S/C76H130O6/c1-4-7-10-13-16-19-22-24-26-28-30-31-32-33-34-35-36-37-38-39-40-41-42-43-44-45-47-48-50-52-54-57-60-63-66-69-75(78)81-72-73(71-80-74(77)68-65-62-59-56-21-18-15-12-9-6-3)82-76(79)70-67-64-61-58-55-53-51-49-46-29-27-25-23-20-17-14-11-8-5-2/h7,10,12,15-16,19,24,26,30-31,33-34,36-37,39-40,42-43,73H,4-6,8-9,11,13-14,17-18,20-23,25,27-29,32,35,38,41,44-72H2,1-3H3/b10-7-,15-12-,19-16-,26-24-,31-30-,34-33-,37-36-,40-39-,43-42-. The van der Waals surface area contributed by atoms with Gasteiger partial charge in [-0.05, 0) is 103 Å². The zero-order valence-corrected chi connectivity index (χ0v) is 54.0. The number of carbonyl (C=O) groups is 3. The first-order chi connectivity index (χ1) is 40.5. The summed E-state index contributed by atoms with van der Waals surface area (Å²) < 4.78 is 16.9. The van der Waals surface area contributed by atoms with Crippen molar-refractivity contribution in [3.8, 4) is 0 Å². The maximum absolute atomic E-state index is 12.9. The molecule has 0 fully saturated rings. The zero-order valence-electron chi connectivity index (χ0n) is 54.0. The van der Waals surface area contributed by atoms with Crippen molar-refractivity contribution in [1.29, 1.82) is 0 Å². The van der Waals surface area contributed by atoms with Gasteiger partial charge in [0, 0.05) is 19.3 Å². The van der Waals surface area contributed by atoms with Gasteiger partial charge in [0.25, 0.3) is 0 Å². The summed E-state index contributed by atoms with van der Waals surface area (Å²) in [4.78, 5) is 38.3. The smallest absolute Gasteiger partial charge is 0.306 e. The van der Waals surface area contributed by atoms with E-state index in [9.17, 15) is 14.4 Å². The molecule has 0 heterocycles. The van der Waals surface area contributed by atoms with Gasteiger partial charge in [-0.15, -0.1) is 0 Å². The molecule has 1 unspecified atom stereocenters. The van der Waals surface area contributed by atoms with Crippen molar-refractivity contribution in [3.63, 3.8) is 0 Å². The number of carbonyl (C=O) groups excluding carboxylic acids is 3. The quantitative estimate of drug-likeness (QED) is 0.0261. The fraction of sp³-hybridized carbons (Fsp3) is 0.724. The third-order valence-electron chi connectivity index (χ3n) is 15.0. The van der Waals surface area contributed by atoms with Gasteiger partial charge in [0.05, 0.1) is 0 Å². The Balaban J connectivity index is 4.17. The van der Waals surface area contributed by atoms with Crippen molar-refractivity contribution < 1.29 is 28.6 Å². The minimum atomic E-state index is -0.782. The first-order valence-electron chi connectivity index (χ1n) is 34.9. The van der Waals surface area contributed by atoms with E-state index < -0.39 is 6.10 Å². The van der Waals surface area contributed by atoms with Gasteiger partial charge in [0.2, 0.25) is 0 Å². The lowest BCUT2D eigenvalue weighted by atomic mass is 10.0. The first kappa shape index (κ1) is 78.1. The molecule has 0 spiro atoms. The van der Waals surface area contributed by atoms with E-state index >= 15 is 0 Å². The predicted molar refractivity (Wildman–Crippen MR) is 357 cm³/mol. The summed E-state index contributed by atoms with van der Waals surface area (Å²) in [5, 5.41) is 0. The molecule has 0 aromatic heterocycles. The third kappa shape index (κ3) is 66.9. The molecule has 1 atom stereocenters. The number of rotatable bonds is 63. The second-order valence-corrected chi connectivity index (χ2v) is 23.1. The molecule has 0 aliphatic carbocycles. The van der Waals surface area contributed by atoms with Gasteiger partial charge in [-0.3, -0.25) is 14.4 Å². The molecule has 0 saturated heterocycles. The van der Waals surface area contributed by atoms with E-state index in [1.54, 1.807) is 0 Å². The molecule has 0 rings (SSSR count). The number of unbranched alkanes of at least 4 members (excludes halogenated alkanes) is 34. The average Bonchev–Trinajstić information content (AvgIpc) is 3.48. The van der Waals surface area contributed by atoms with Gasteiger partial charge < -0.3 is 14.2 Å². The van der Waals surface area contributed by atoms with Crippen LogP contribution in [0.1, 0.15) is 335 Å². The number of allylic oxidation sites excluding steroid dienone is 18. The second-order valence-electron chi connectivity index (χ2n) is 23.1. The molecule has 0 aromatic rings. The lowest BCUT2D eigenvalue weighted by Crippen LogP contribution is -2.30. The maximum atomic E-state index is 12.9. The molecule has 0 saturated carbocycles. The fourth-order valence-corrected chi connectivity index (χ4v) is 9.82. The molecule has 82 heavy (non-hydrogen) atoms. The summed E-state index contributed by atoms with van der Waals surface area (Å²) >= 11 is 0. The topological polar surface area (TPSA) is 78.9 Å². The molecule has 0 amide bonds. The number of hydrogen-bond donors (Lipinski definition) is 0. The number of ether oxygens (including phenoxy) is 3. The van der Waals surface area contributed by atoms with Crippen LogP contribution in [0.5, 0.6) is 0 Å². The average molecular weight is 1140 g/mol. The van der Waals surface area contributed by atoms with Crippen LogP contribution in [-0.2, 0) is 28.6 Å². The largest absolute Gasteiger partial charge is 0.462 e. The van der Waals surface area contributed by atoms with Crippen molar-refractivity contribution in [2.45, 2.75) is 341 Å². The molecule has 0 aliphatic rings. The van der Waals surface area contributed by atoms with Crippen LogP contribution in [0.2, 0.25) is 0 Å². The van der Waals surface area contributed by atoms with E-state index in [2.05, 4.69) is 130 Å². The second kappa shape index (κ2) is 69.6. The predicted octanol–water partition coefficient (Wildman–Crippen LogP) is 24.2. The highest BCUT2D eigenvalue weighted by Gasteiger charge is 2.19. The van der Waals surface area contributed by atoms with Crippen LogP contribution in [0, 0.1) is 0 Å². The maximum Gasteiger partial charge on any atom is 0.306 e. The lowest BCUT2D eigenvalue weighted by molar-refractivity contribution is -0.167. The summed E-state index contributed by atoms with van der Waals surface area (Å²) in [5.74, 6) is -0.881. The molecule has 0 N–H and O–H groups in total. The van der Waals surface area contributed by atoms with Crippen LogP contribution in [0.4, 0.5) is 0 Å². The molecule has 0 radical (unpaired) electrons. The zero-order chi connectivity index (χ0) is 59.2. The summed E-state index contributed by atoms with van der Waals surface area (Å²) in [6.07, 6.45) is 95.5. The highest BCUT2D eigenvalue weighted by molar-refractivity contribution is 5.71. The fourth-order valence-electron chi connectivity index (χ4n) is 9.82. The minimum Gasteiger partial charge on any atom is -0.462 e. The SMILES string of the molecule is CC/C=C\C/C=C\C/C=C\C/C=C\C/C=C\C/C=C\C/C=C\C/C=C\CCCCCCCCCCCCC(=O)OCC(COC(=O)CCCCCCC/C=C\CCC)OC(=O)CCCCCCCCCCCCCCCCCCCCC. The van der Waals surface area contributed by atoms with Gasteiger partial charge in [0.1, 0.15) is 13.2 Å². The highest BCUT2D eigenvalue weighted by Crippen LogP contribution is 2.17. The Morgan fingerprint density at radius 1 is 0.256 bits per heavy atom. The summed E-state index contributed by atoms with van der Waals surface area (Å²) in [6, 6.07) is 0. The third-order valence-corrected chi connectivity index (χ3v) is 15.0. The van der Waals surface area contributed by atoms with Crippen molar-refractivity contribution in [2.75, 3.05) is 13.2 Å². The van der Waals surface area contributed by atoms with E-state index in [4.69, 9.17) is 14.2 Å². The van der Waals surface area contributed by atoms with Gasteiger partial charge >= 0.3 is 17.9 Å². The van der Waals surface area contributed by atoms with E-state index in [-0.39, 0.29) is 31.1 Å². The van der Waals surface area contributed by atoms with Gasteiger partial charge in [-0.1, -0.05) is 323 Å². The van der Waals surface area contributed by atoms with Crippen LogP contribution < -0.4 is 0 Å². The molecule has 0 bridgehead atoms. The summed E-state index contributed by atoms with van der Waals surface area (Å²) in [6.45, 7) is 6.49. The molecular formula is C76H130O6. The Morgan fingerprint density at radius 2 is 0.500 bits per heavy atom. The van der Waals surface area contributed by atoms with Crippen LogP contribution in [0.15, 0.2) is 109 Å². The Bertz CT molecular complexity index is 1640. The van der Waals surface area contributed by atoms with Crippen LogP contribution in [0.25, 0.3) is 0 Å². The van der Waals surface area contributed by atoms with E-state index in [0.717, 1.165) is 122 Å². The van der Waals surface area contributed by atoms with Crippen LogP contribution in [-0.4, -0.2) is 37.2 Å². The molecule has 0 aliphatic heterocycles. The van der Waals surface area contributed by atoms with E-state index in [1.807, 2.05) is 0 Å². The summed E-state index contributed by atoms with van der Waals surface area (Å²) in [7, 11) is 0. The van der Waals surface area contributed by atoms with Crippen molar-refractivity contribution >= 4 is 17.9 Å². The van der Waals surface area contributed by atoms with Crippen LogP contribution in [0.3, 0.4) is 0 Å². The number of esters is 3. The Hall–Kier alpha value is -3.93. The molecule has 470 valence electrons. The molecule has 6 nitrogen and oxygen atoms in total. The van der Waals surface area contributed by atoms with E-state index in [0.29, 0.717) is 19.3 Å². The van der Waals surface area contributed by atoms with Gasteiger partial charge in [-0.25, -0.2) is 0 Å². The highest BCUT2D eigenvalue weighted by atomic mass is 16.6. The van der Waals surface area contributed by atoms with E-state index in [1.165, 1.54) is 173 Å². The van der Waals surface area contributed by atoms with Crippen molar-refractivity contribution in [1.82, 2.24) is 0 Å². The Morgan fingerprint density at radius 3 is 0.805 bits per heavy atom. The normalized spacial score (nSPS) is 12.8. The molecular weight excluding hydrogens is 1010 g/mol. The van der Waals surface area contributed by atoms with Crippen molar-refractivity contribution in [2.24, 2.45) is 0 Å². The number of hydrogen-bond acceptors (Lipinski definition) is 6. The first-order valence-corrected chi connectivity index (χ1v) is 34.9. The summed E-state index contributed by atoms with van der Waals surface area (Å²) in [5.41, 5.74) is 0. The Labute approximate surface area is 508 Å². The lowest BCUT2D eigenvalue weighted by Gasteiger charge is -2.18. The minimum absolute atomic E-state index is 0.0797. The van der Waals surface area contributed by atoms with Gasteiger partial charge in [0.15, 0.2) is 6.10 Å². The van der Waals surface area contributed by atoms with Gasteiger partial charge in [-0.2, -0.15) is 0 Å². The van der Waals surface area contributed by atoms with Crippen LogP contribution >= 0.6 is 0 Å². The molecule has 0 aromatic carbocycles. The Kier molecular flexibility index (Phi) is 66.2. The molecule has 6 heteroatoms. The monoisotopic (exact) mass is 1140 g/mol.